The minimum atomic E-state index is -0.195. The molecule has 4 heteroatoms. The van der Waals surface area contributed by atoms with Crippen LogP contribution < -0.4 is 10.2 Å². The van der Waals surface area contributed by atoms with E-state index < -0.39 is 0 Å². The number of anilines is 1. The Morgan fingerprint density at radius 1 is 1.44 bits per heavy atom. The Balaban J connectivity index is 2.12. The minimum absolute atomic E-state index is 0.0860. The Kier molecular flexibility index (Phi) is 3.68. The third kappa shape index (κ3) is 2.40. The lowest BCUT2D eigenvalue weighted by molar-refractivity contribution is 0.101. The second-order valence-electron chi connectivity index (χ2n) is 4.96. The predicted molar refractivity (Wildman–Crippen MR) is 72.2 cm³/mol. The van der Waals surface area contributed by atoms with Gasteiger partial charge in [-0.2, -0.15) is 0 Å². The molecular formula is C14H20N2O2. The summed E-state index contributed by atoms with van der Waals surface area (Å²) in [5.74, 6) is 0.0860. The third-order valence-electron chi connectivity index (χ3n) is 3.83. The van der Waals surface area contributed by atoms with Crippen molar-refractivity contribution < 1.29 is 9.90 Å². The first-order valence-corrected chi connectivity index (χ1v) is 6.26. The van der Waals surface area contributed by atoms with Gasteiger partial charge in [0.05, 0.1) is 12.1 Å². The number of rotatable bonds is 4. The number of nitrogens with zero attached hydrogens (tertiary/aromatic N) is 1. The number of benzene rings is 1. The maximum Gasteiger partial charge on any atom is 0.159 e. The normalized spacial score (nSPS) is 23.4. The quantitative estimate of drug-likeness (QED) is 0.782. The maximum absolute atomic E-state index is 11.2. The average molecular weight is 248 g/mol. The van der Waals surface area contributed by atoms with Crippen LogP contribution in [-0.2, 0) is 0 Å². The lowest BCUT2D eigenvalue weighted by atomic mass is 10.0. The number of carbonyl (C=O) groups is 1. The van der Waals surface area contributed by atoms with Gasteiger partial charge in [-0.05, 0) is 44.7 Å². The SMILES string of the molecule is CNC1(CO)CCN(c2ccc(C(C)=O)cc2)C1. The first-order valence-electron chi connectivity index (χ1n) is 6.26. The van der Waals surface area contributed by atoms with Gasteiger partial charge in [0.25, 0.3) is 0 Å². The second kappa shape index (κ2) is 5.08. The molecule has 1 aromatic carbocycles. The van der Waals surface area contributed by atoms with Gasteiger partial charge in [0, 0.05) is 24.3 Å². The highest BCUT2D eigenvalue weighted by Gasteiger charge is 2.36. The number of carbonyl (C=O) groups excluding carboxylic acids is 1. The van der Waals surface area contributed by atoms with Gasteiger partial charge in [-0.15, -0.1) is 0 Å². The summed E-state index contributed by atoms with van der Waals surface area (Å²) >= 11 is 0. The van der Waals surface area contributed by atoms with Crippen molar-refractivity contribution in [1.29, 1.82) is 0 Å². The molecule has 0 saturated carbocycles. The van der Waals surface area contributed by atoms with Gasteiger partial charge in [0.15, 0.2) is 5.78 Å². The summed E-state index contributed by atoms with van der Waals surface area (Å²) in [7, 11) is 1.89. The van der Waals surface area contributed by atoms with E-state index in [1.165, 1.54) is 0 Å². The Labute approximate surface area is 108 Å². The van der Waals surface area contributed by atoms with Crippen molar-refractivity contribution in [3.8, 4) is 0 Å². The largest absolute Gasteiger partial charge is 0.394 e. The zero-order chi connectivity index (χ0) is 13.2. The predicted octanol–water partition coefficient (Wildman–Crippen LogP) is 1.05. The summed E-state index contributed by atoms with van der Waals surface area (Å²) in [6.45, 7) is 3.43. The van der Waals surface area contributed by atoms with Crippen molar-refractivity contribution >= 4 is 11.5 Å². The van der Waals surface area contributed by atoms with Crippen LogP contribution in [0.15, 0.2) is 24.3 Å². The van der Waals surface area contributed by atoms with E-state index >= 15 is 0 Å². The van der Waals surface area contributed by atoms with Crippen molar-refractivity contribution in [3.63, 3.8) is 0 Å². The molecule has 0 radical (unpaired) electrons. The summed E-state index contributed by atoms with van der Waals surface area (Å²) in [6.07, 6.45) is 0.925. The van der Waals surface area contributed by atoms with E-state index in [9.17, 15) is 9.90 Å². The van der Waals surface area contributed by atoms with Crippen LogP contribution in [0.5, 0.6) is 0 Å². The van der Waals surface area contributed by atoms with Crippen molar-refractivity contribution in [2.75, 3.05) is 31.6 Å². The lowest BCUT2D eigenvalue weighted by Crippen LogP contribution is -2.48. The molecule has 0 spiro atoms. The number of hydrogen-bond donors (Lipinski definition) is 2. The molecule has 1 aliphatic rings. The van der Waals surface area contributed by atoms with Crippen LogP contribution in [0.2, 0.25) is 0 Å². The van der Waals surface area contributed by atoms with Gasteiger partial charge < -0.3 is 15.3 Å². The Hall–Kier alpha value is -1.39. The molecule has 0 aliphatic carbocycles. The molecule has 1 fully saturated rings. The second-order valence-corrected chi connectivity index (χ2v) is 4.96. The number of hydrogen-bond acceptors (Lipinski definition) is 4. The standard InChI is InChI=1S/C14H20N2O2/c1-11(18)12-3-5-13(6-4-12)16-8-7-14(9-16,10-17)15-2/h3-6,15,17H,7-10H2,1-2H3. The summed E-state index contributed by atoms with van der Waals surface area (Å²) in [6, 6.07) is 7.66. The van der Waals surface area contributed by atoms with Crippen molar-refractivity contribution in [1.82, 2.24) is 5.32 Å². The fraction of sp³-hybridized carbons (Fsp3) is 0.500. The molecule has 1 aliphatic heterocycles. The van der Waals surface area contributed by atoms with Crippen molar-refractivity contribution in [2.24, 2.45) is 0 Å². The monoisotopic (exact) mass is 248 g/mol. The molecule has 1 atom stereocenters. The molecule has 18 heavy (non-hydrogen) atoms. The molecule has 1 saturated heterocycles. The molecule has 2 rings (SSSR count). The van der Waals surface area contributed by atoms with Crippen molar-refractivity contribution in [3.05, 3.63) is 29.8 Å². The van der Waals surface area contributed by atoms with Gasteiger partial charge in [-0.1, -0.05) is 0 Å². The molecule has 1 aromatic rings. The summed E-state index contributed by atoms with van der Waals surface area (Å²) in [5.41, 5.74) is 1.64. The van der Waals surface area contributed by atoms with Gasteiger partial charge in [0.1, 0.15) is 0 Å². The van der Waals surface area contributed by atoms with E-state index in [2.05, 4.69) is 10.2 Å². The molecular weight excluding hydrogens is 228 g/mol. The molecule has 1 unspecified atom stereocenters. The van der Waals surface area contributed by atoms with E-state index in [1.807, 2.05) is 31.3 Å². The van der Waals surface area contributed by atoms with Crippen LogP contribution in [0.25, 0.3) is 0 Å². The van der Waals surface area contributed by atoms with Gasteiger partial charge in [-0.3, -0.25) is 4.79 Å². The highest BCUT2D eigenvalue weighted by atomic mass is 16.3. The van der Waals surface area contributed by atoms with Crippen LogP contribution in [0.3, 0.4) is 0 Å². The maximum atomic E-state index is 11.2. The Bertz CT molecular complexity index is 424. The molecule has 0 amide bonds. The Morgan fingerprint density at radius 3 is 2.56 bits per heavy atom. The first kappa shape index (κ1) is 13.1. The molecule has 0 aromatic heterocycles. The number of aliphatic hydroxyl groups excluding tert-OH is 1. The summed E-state index contributed by atoms with van der Waals surface area (Å²) < 4.78 is 0. The van der Waals surface area contributed by atoms with E-state index in [0.717, 1.165) is 30.8 Å². The first-order chi connectivity index (χ1) is 8.60. The highest BCUT2D eigenvalue weighted by Crippen LogP contribution is 2.26. The Morgan fingerprint density at radius 2 is 2.11 bits per heavy atom. The number of ketones is 1. The van der Waals surface area contributed by atoms with Gasteiger partial charge in [-0.25, -0.2) is 0 Å². The van der Waals surface area contributed by atoms with E-state index in [0.29, 0.717) is 0 Å². The van der Waals surface area contributed by atoms with E-state index in [1.54, 1.807) is 6.92 Å². The zero-order valence-corrected chi connectivity index (χ0v) is 10.9. The van der Waals surface area contributed by atoms with Gasteiger partial charge >= 0.3 is 0 Å². The van der Waals surface area contributed by atoms with Crippen LogP contribution in [0.4, 0.5) is 5.69 Å². The summed E-state index contributed by atoms with van der Waals surface area (Å²) in [5, 5.41) is 12.7. The lowest BCUT2D eigenvalue weighted by Gasteiger charge is -2.27. The van der Waals surface area contributed by atoms with Crippen LogP contribution in [-0.4, -0.2) is 43.2 Å². The fourth-order valence-corrected chi connectivity index (χ4v) is 2.41. The molecule has 1 heterocycles. The van der Waals surface area contributed by atoms with E-state index in [4.69, 9.17) is 0 Å². The number of nitrogens with one attached hydrogen (secondary N) is 1. The molecule has 0 bridgehead atoms. The highest BCUT2D eigenvalue weighted by molar-refractivity contribution is 5.94. The molecule has 98 valence electrons. The molecule has 4 nitrogen and oxygen atoms in total. The van der Waals surface area contributed by atoms with Crippen LogP contribution in [0, 0.1) is 0 Å². The zero-order valence-electron chi connectivity index (χ0n) is 10.9. The van der Waals surface area contributed by atoms with Crippen LogP contribution >= 0.6 is 0 Å². The number of likely N-dealkylation sites (N-methyl/N-ethyl adjacent to an activating group) is 1. The fourth-order valence-electron chi connectivity index (χ4n) is 2.41. The van der Waals surface area contributed by atoms with Crippen LogP contribution in [0.1, 0.15) is 23.7 Å². The van der Waals surface area contributed by atoms with Crippen molar-refractivity contribution in [2.45, 2.75) is 18.9 Å². The number of aliphatic hydroxyl groups is 1. The third-order valence-corrected chi connectivity index (χ3v) is 3.83. The van der Waals surface area contributed by atoms with Gasteiger partial charge in [0.2, 0.25) is 0 Å². The minimum Gasteiger partial charge on any atom is -0.394 e. The topological polar surface area (TPSA) is 52.6 Å². The average Bonchev–Trinajstić information content (AvgIpc) is 2.84. The molecule has 2 N–H and O–H groups in total. The smallest absolute Gasteiger partial charge is 0.159 e. The van der Waals surface area contributed by atoms with E-state index in [-0.39, 0.29) is 17.9 Å². The number of Topliss-reactive ketones (excluding diaryl/α,β-unsaturated/α-hetero) is 1. The summed E-state index contributed by atoms with van der Waals surface area (Å²) in [4.78, 5) is 13.4.